The molecule has 134 valence electrons. The molecule has 0 N–H and O–H groups in total. The molecular weight excluding hydrogens is 338 g/mol. The zero-order valence-corrected chi connectivity index (χ0v) is 15.4. The van der Waals surface area contributed by atoms with Gasteiger partial charge in [0.1, 0.15) is 0 Å². The lowest BCUT2D eigenvalue weighted by atomic mass is 9.84. The van der Waals surface area contributed by atoms with E-state index in [1.165, 1.54) is 56.0 Å². The Hall–Kier alpha value is -1.89. The summed E-state index contributed by atoms with van der Waals surface area (Å²) >= 11 is 1.46. The summed E-state index contributed by atoms with van der Waals surface area (Å²) < 4.78 is 0. The van der Waals surface area contributed by atoms with Gasteiger partial charge in [-0.05, 0) is 44.2 Å². The van der Waals surface area contributed by atoms with Gasteiger partial charge in [0.15, 0.2) is 5.17 Å². The smallest absolute Gasteiger partial charge is 0.269 e. The van der Waals surface area contributed by atoms with Gasteiger partial charge in [-0.1, -0.05) is 31.0 Å². The second-order valence-electron chi connectivity index (χ2n) is 6.81. The third-order valence-corrected chi connectivity index (χ3v) is 6.08. The van der Waals surface area contributed by atoms with E-state index in [0.29, 0.717) is 17.4 Å². The molecule has 1 amide bonds. The molecule has 2 fully saturated rings. The van der Waals surface area contributed by atoms with Crippen molar-refractivity contribution in [2.75, 3.05) is 5.75 Å². The number of benzene rings is 1. The van der Waals surface area contributed by atoms with Gasteiger partial charge >= 0.3 is 0 Å². The van der Waals surface area contributed by atoms with Crippen LogP contribution in [0, 0.1) is 23.0 Å². The van der Waals surface area contributed by atoms with Gasteiger partial charge in [0.2, 0.25) is 5.91 Å². The van der Waals surface area contributed by atoms with Crippen molar-refractivity contribution in [1.29, 1.82) is 0 Å². The van der Waals surface area contributed by atoms with Gasteiger partial charge in [-0.15, -0.1) is 0 Å². The van der Waals surface area contributed by atoms with Crippen molar-refractivity contribution in [3.63, 3.8) is 0 Å². The maximum atomic E-state index is 12.4. The number of amides is 1. The predicted octanol–water partition coefficient (Wildman–Crippen LogP) is 4.43. The van der Waals surface area contributed by atoms with E-state index in [-0.39, 0.29) is 17.6 Å². The minimum atomic E-state index is -0.408. The molecule has 1 saturated heterocycles. The van der Waals surface area contributed by atoms with Crippen LogP contribution in [0.15, 0.2) is 23.2 Å². The SMILES string of the molecule is Cc1cc([N+](=O)[O-])ccc1/N=C1\SCC(=O)N1C(C)C1CCCCC1. The summed E-state index contributed by atoms with van der Waals surface area (Å²) in [4.78, 5) is 29.4. The molecule has 1 aromatic rings. The first-order chi connectivity index (χ1) is 12.0. The van der Waals surface area contributed by atoms with E-state index in [0.717, 1.165) is 10.7 Å². The van der Waals surface area contributed by atoms with Gasteiger partial charge in [0, 0.05) is 18.2 Å². The number of carbonyl (C=O) groups excluding carboxylic acids is 1. The van der Waals surface area contributed by atoms with Gasteiger partial charge in [0.25, 0.3) is 5.69 Å². The molecule has 0 spiro atoms. The van der Waals surface area contributed by atoms with E-state index in [4.69, 9.17) is 0 Å². The Morgan fingerprint density at radius 3 is 2.68 bits per heavy atom. The molecule has 1 saturated carbocycles. The number of thioether (sulfide) groups is 1. The number of nitro benzene ring substituents is 1. The molecular formula is C18H23N3O3S. The number of nitrogens with zero attached hydrogens (tertiary/aromatic N) is 3. The van der Waals surface area contributed by atoms with Gasteiger partial charge in [-0.2, -0.15) is 0 Å². The second kappa shape index (κ2) is 7.56. The third kappa shape index (κ3) is 3.86. The molecule has 0 bridgehead atoms. The quantitative estimate of drug-likeness (QED) is 0.587. The maximum Gasteiger partial charge on any atom is 0.269 e. The van der Waals surface area contributed by atoms with Gasteiger partial charge in [-0.25, -0.2) is 4.99 Å². The first kappa shape index (κ1) is 17.9. The van der Waals surface area contributed by atoms with Crippen LogP contribution in [0.4, 0.5) is 11.4 Å². The van der Waals surface area contributed by atoms with E-state index < -0.39 is 4.92 Å². The van der Waals surface area contributed by atoms with E-state index in [1.54, 1.807) is 6.07 Å². The molecule has 1 unspecified atom stereocenters. The summed E-state index contributed by atoms with van der Waals surface area (Å²) in [6, 6.07) is 4.80. The predicted molar refractivity (Wildman–Crippen MR) is 100 cm³/mol. The fourth-order valence-electron chi connectivity index (χ4n) is 3.67. The summed E-state index contributed by atoms with van der Waals surface area (Å²) in [6.45, 7) is 3.93. The number of rotatable bonds is 4. The fraction of sp³-hybridized carbons (Fsp3) is 0.556. The summed E-state index contributed by atoms with van der Waals surface area (Å²) in [6.07, 6.45) is 6.09. The summed E-state index contributed by atoms with van der Waals surface area (Å²) in [5, 5.41) is 11.6. The highest BCUT2D eigenvalue weighted by Gasteiger charge is 2.36. The number of aliphatic imine (C=N–C) groups is 1. The van der Waals surface area contributed by atoms with Crippen molar-refractivity contribution >= 4 is 34.2 Å². The van der Waals surface area contributed by atoms with E-state index in [2.05, 4.69) is 11.9 Å². The van der Waals surface area contributed by atoms with Crippen molar-refractivity contribution in [3.8, 4) is 0 Å². The lowest BCUT2D eigenvalue weighted by Gasteiger charge is -2.33. The Bertz CT molecular complexity index is 714. The first-order valence-electron chi connectivity index (χ1n) is 8.76. The second-order valence-corrected chi connectivity index (χ2v) is 7.76. The van der Waals surface area contributed by atoms with Gasteiger partial charge in [-0.3, -0.25) is 19.8 Å². The number of hydrogen-bond donors (Lipinski definition) is 0. The van der Waals surface area contributed by atoms with Crippen molar-refractivity contribution in [1.82, 2.24) is 4.90 Å². The van der Waals surface area contributed by atoms with Crippen molar-refractivity contribution in [2.45, 2.75) is 52.0 Å². The summed E-state index contributed by atoms with van der Waals surface area (Å²) in [5.74, 6) is 1.06. The molecule has 6 nitrogen and oxygen atoms in total. The van der Waals surface area contributed by atoms with Gasteiger partial charge < -0.3 is 0 Å². The highest BCUT2D eigenvalue weighted by molar-refractivity contribution is 8.15. The lowest BCUT2D eigenvalue weighted by molar-refractivity contribution is -0.384. The lowest BCUT2D eigenvalue weighted by Crippen LogP contribution is -2.42. The Balaban J connectivity index is 1.85. The Labute approximate surface area is 151 Å². The average molecular weight is 361 g/mol. The number of nitro groups is 1. The molecule has 7 heteroatoms. The van der Waals surface area contributed by atoms with Crippen LogP contribution in [-0.2, 0) is 4.79 Å². The molecule has 25 heavy (non-hydrogen) atoms. The Morgan fingerprint density at radius 2 is 2.04 bits per heavy atom. The van der Waals surface area contributed by atoms with Crippen LogP contribution in [0.5, 0.6) is 0 Å². The largest absolute Gasteiger partial charge is 0.287 e. The van der Waals surface area contributed by atoms with Crippen molar-refractivity contribution in [2.24, 2.45) is 10.9 Å². The number of amidine groups is 1. The van der Waals surface area contributed by atoms with Crippen molar-refractivity contribution < 1.29 is 9.72 Å². The molecule has 1 atom stereocenters. The van der Waals surface area contributed by atoms with Crippen LogP contribution in [0.25, 0.3) is 0 Å². The highest BCUT2D eigenvalue weighted by atomic mass is 32.2. The standard InChI is InChI=1S/C18H23N3O3S/c1-12-10-15(21(23)24)8-9-16(12)19-18-20(17(22)11-25-18)13(2)14-6-4-3-5-7-14/h8-10,13-14H,3-7,11H2,1-2H3/b19-18-. The zero-order valence-electron chi connectivity index (χ0n) is 14.6. The minimum absolute atomic E-state index is 0.0593. The normalized spacial score (nSPS) is 21.8. The molecule has 1 aliphatic heterocycles. The summed E-state index contributed by atoms with van der Waals surface area (Å²) in [5.41, 5.74) is 1.49. The fourth-order valence-corrected chi connectivity index (χ4v) is 4.63. The monoisotopic (exact) mass is 361 g/mol. The van der Waals surface area contributed by atoms with Crippen LogP contribution in [-0.4, -0.2) is 32.7 Å². The number of non-ortho nitro benzene ring substituents is 1. The van der Waals surface area contributed by atoms with Crippen LogP contribution in [0.2, 0.25) is 0 Å². The minimum Gasteiger partial charge on any atom is -0.287 e. The highest BCUT2D eigenvalue weighted by Crippen LogP contribution is 2.34. The molecule has 0 aromatic heterocycles. The van der Waals surface area contributed by atoms with E-state index in [9.17, 15) is 14.9 Å². The molecule has 1 aliphatic carbocycles. The van der Waals surface area contributed by atoms with E-state index in [1.807, 2.05) is 11.8 Å². The van der Waals surface area contributed by atoms with E-state index >= 15 is 0 Å². The van der Waals surface area contributed by atoms with Gasteiger partial charge in [0.05, 0.1) is 16.4 Å². The molecule has 1 aromatic carbocycles. The molecule has 0 radical (unpaired) electrons. The summed E-state index contributed by atoms with van der Waals surface area (Å²) in [7, 11) is 0. The maximum absolute atomic E-state index is 12.4. The number of aryl methyl sites for hydroxylation is 1. The first-order valence-corrected chi connectivity index (χ1v) is 9.74. The van der Waals surface area contributed by atoms with Crippen LogP contribution >= 0.6 is 11.8 Å². The third-order valence-electron chi connectivity index (χ3n) is 5.15. The molecule has 1 heterocycles. The van der Waals surface area contributed by atoms with Crippen LogP contribution in [0.1, 0.15) is 44.6 Å². The van der Waals surface area contributed by atoms with Crippen molar-refractivity contribution in [3.05, 3.63) is 33.9 Å². The number of carbonyl (C=O) groups is 1. The average Bonchev–Trinajstić information content (AvgIpc) is 2.97. The Morgan fingerprint density at radius 1 is 1.32 bits per heavy atom. The zero-order chi connectivity index (χ0) is 18.0. The Kier molecular flexibility index (Phi) is 5.42. The van der Waals surface area contributed by atoms with Crippen LogP contribution in [0.3, 0.4) is 0 Å². The molecule has 2 aliphatic rings. The number of hydrogen-bond acceptors (Lipinski definition) is 5. The van der Waals surface area contributed by atoms with Crippen LogP contribution < -0.4 is 0 Å². The molecule has 3 rings (SSSR count). The topological polar surface area (TPSA) is 75.8 Å².